The van der Waals surface area contributed by atoms with Gasteiger partial charge in [-0.1, -0.05) is 6.92 Å². The fraction of sp³-hybridized carbons (Fsp3) is 0.267. The van der Waals surface area contributed by atoms with Gasteiger partial charge in [-0.15, -0.1) is 0 Å². The van der Waals surface area contributed by atoms with Crippen molar-refractivity contribution in [2.75, 3.05) is 7.11 Å². The van der Waals surface area contributed by atoms with Crippen LogP contribution in [0.3, 0.4) is 0 Å². The summed E-state index contributed by atoms with van der Waals surface area (Å²) in [5.74, 6) is 0.265. The second kappa shape index (κ2) is 5.79. The Hall–Kier alpha value is -2.27. The lowest BCUT2D eigenvalue weighted by atomic mass is 10.1. The molecular formula is C15H17NO4. The summed E-state index contributed by atoms with van der Waals surface area (Å²) in [5.41, 5.74) is 0.311. The van der Waals surface area contributed by atoms with Crippen LogP contribution >= 0.6 is 0 Å². The number of nitrogens with zero attached hydrogens (tertiary/aromatic N) is 1. The predicted molar refractivity (Wildman–Crippen MR) is 75.5 cm³/mol. The molecule has 5 nitrogen and oxygen atoms in total. The molecule has 2 N–H and O–H groups in total. The van der Waals surface area contributed by atoms with E-state index < -0.39 is 17.4 Å². The molecule has 0 aliphatic heterocycles. The van der Waals surface area contributed by atoms with E-state index in [0.717, 1.165) is 0 Å². The van der Waals surface area contributed by atoms with Gasteiger partial charge in [0.2, 0.25) is 0 Å². The standard InChI is InChI=1S/C15H17NO4/c1-3-13(17)12-8-9-16(15(19)14(12)18)10-4-6-11(20-2)7-5-10/h4-9,13,17-18H,3H2,1-2H3. The molecule has 2 aromatic rings. The third kappa shape index (κ3) is 2.53. The van der Waals surface area contributed by atoms with E-state index in [4.69, 9.17) is 4.74 Å². The van der Waals surface area contributed by atoms with E-state index >= 15 is 0 Å². The SMILES string of the molecule is CCC(O)c1ccn(-c2ccc(OC)cc2)c(=O)c1O. The maximum absolute atomic E-state index is 12.1. The quantitative estimate of drug-likeness (QED) is 0.895. The number of aliphatic hydroxyl groups excluding tert-OH is 1. The van der Waals surface area contributed by atoms with Gasteiger partial charge in [0.05, 0.1) is 13.2 Å². The number of rotatable bonds is 4. The lowest BCUT2D eigenvalue weighted by Gasteiger charge is -2.13. The fourth-order valence-electron chi connectivity index (χ4n) is 1.97. The first-order valence-electron chi connectivity index (χ1n) is 6.35. The van der Waals surface area contributed by atoms with Gasteiger partial charge in [-0.05, 0) is 36.8 Å². The number of aromatic hydroxyl groups is 1. The largest absolute Gasteiger partial charge is 0.503 e. The smallest absolute Gasteiger partial charge is 0.297 e. The highest BCUT2D eigenvalue weighted by molar-refractivity contribution is 5.41. The lowest BCUT2D eigenvalue weighted by molar-refractivity contribution is 0.169. The third-order valence-corrected chi connectivity index (χ3v) is 3.19. The Balaban J connectivity index is 2.48. The van der Waals surface area contributed by atoms with E-state index in [1.165, 1.54) is 10.8 Å². The Morgan fingerprint density at radius 2 is 1.90 bits per heavy atom. The van der Waals surface area contributed by atoms with Crippen LogP contribution in [-0.2, 0) is 0 Å². The molecule has 0 saturated carbocycles. The zero-order chi connectivity index (χ0) is 14.7. The summed E-state index contributed by atoms with van der Waals surface area (Å²) in [5, 5.41) is 19.7. The Morgan fingerprint density at radius 3 is 2.45 bits per heavy atom. The monoisotopic (exact) mass is 275 g/mol. The van der Waals surface area contributed by atoms with Gasteiger partial charge in [0, 0.05) is 17.4 Å². The lowest BCUT2D eigenvalue weighted by Crippen LogP contribution is -2.19. The van der Waals surface area contributed by atoms with E-state index in [0.29, 0.717) is 17.9 Å². The number of pyridine rings is 1. The number of aromatic nitrogens is 1. The van der Waals surface area contributed by atoms with Crippen LogP contribution in [0.2, 0.25) is 0 Å². The summed E-state index contributed by atoms with van der Waals surface area (Å²) in [6, 6.07) is 8.45. The molecule has 0 spiro atoms. The molecule has 0 fully saturated rings. The topological polar surface area (TPSA) is 71.7 Å². The van der Waals surface area contributed by atoms with Gasteiger partial charge in [-0.2, -0.15) is 0 Å². The predicted octanol–water partition coefficient (Wildman–Crippen LogP) is 2.00. The first-order chi connectivity index (χ1) is 9.58. The van der Waals surface area contributed by atoms with Crippen molar-refractivity contribution in [3.8, 4) is 17.2 Å². The van der Waals surface area contributed by atoms with Crippen molar-refractivity contribution in [2.24, 2.45) is 0 Å². The molecule has 1 aromatic heterocycles. The van der Waals surface area contributed by atoms with Crippen molar-refractivity contribution in [3.63, 3.8) is 0 Å². The summed E-state index contributed by atoms with van der Waals surface area (Å²) < 4.78 is 6.37. The number of methoxy groups -OCH3 is 1. The molecule has 5 heteroatoms. The van der Waals surface area contributed by atoms with Crippen LogP contribution in [0.15, 0.2) is 41.3 Å². The molecule has 1 unspecified atom stereocenters. The second-order valence-electron chi connectivity index (χ2n) is 4.42. The summed E-state index contributed by atoms with van der Waals surface area (Å²) in [4.78, 5) is 12.1. The van der Waals surface area contributed by atoms with Crippen LogP contribution in [-0.4, -0.2) is 21.9 Å². The molecule has 0 aliphatic rings. The van der Waals surface area contributed by atoms with Crippen LogP contribution in [0.25, 0.3) is 5.69 Å². The summed E-state index contributed by atoms with van der Waals surface area (Å²) in [6.45, 7) is 1.78. The van der Waals surface area contributed by atoms with Gasteiger partial charge >= 0.3 is 0 Å². The Kier molecular flexibility index (Phi) is 4.10. The van der Waals surface area contributed by atoms with E-state index in [2.05, 4.69) is 0 Å². The fourth-order valence-corrected chi connectivity index (χ4v) is 1.97. The average Bonchev–Trinajstić information content (AvgIpc) is 2.49. The van der Waals surface area contributed by atoms with Gasteiger partial charge in [-0.3, -0.25) is 9.36 Å². The van der Waals surface area contributed by atoms with Gasteiger partial charge in [0.15, 0.2) is 5.75 Å². The minimum atomic E-state index is -0.840. The second-order valence-corrected chi connectivity index (χ2v) is 4.42. The first-order valence-corrected chi connectivity index (χ1v) is 6.35. The molecule has 20 heavy (non-hydrogen) atoms. The van der Waals surface area contributed by atoms with Crippen LogP contribution in [0, 0.1) is 0 Å². The molecule has 106 valence electrons. The minimum absolute atomic E-state index is 0.252. The van der Waals surface area contributed by atoms with Crippen LogP contribution in [0.1, 0.15) is 25.0 Å². The zero-order valence-electron chi connectivity index (χ0n) is 11.4. The molecule has 0 bridgehead atoms. The van der Waals surface area contributed by atoms with E-state index in [9.17, 15) is 15.0 Å². The highest BCUT2D eigenvalue weighted by Crippen LogP contribution is 2.23. The normalized spacial score (nSPS) is 12.2. The Labute approximate surface area is 116 Å². The zero-order valence-corrected chi connectivity index (χ0v) is 11.4. The van der Waals surface area contributed by atoms with Crippen LogP contribution in [0.5, 0.6) is 11.5 Å². The molecule has 0 aliphatic carbocycles. The molecule has 0 saturated heterocycles. The molecule has 0 radical (unpaired) electrons. The highest BCUT2D eigenvalue weighted by atomic mass is 16.5. The molecule has 1 atom stereocenters. The van der Waals surface area contributed by atoms with Crippen LogP contribution < -0.4 is 10.3 Å². The first kappa shape index (κ1) is 14.1. The van der Waals surface area contributed by atoms with Crippen molar-refractivity contribution in [2.45, 2.75) is 19.4 Å². The molecule has 0 amide bonds. The van der Waals surface area contributed by atoms with Crippen molar-refractivity contribution in [3.05, 3.63) is 52.4 Å². The van der Waals surface area contributed by atoms with Crippen molar-refractivity contribution < 1.29 is 14.9 Å². The number of benzene rings is 1. The van der Waals surface area contributed by atoms with Gasteiger partial charge in [0.1, 0.15) is 5.75 Å². The minimum Gasteiger partial charge on any atom is -0.503 e. The van der Waals surface area contributed by atoms with E-state index in [-0.39, 0.29) is 5.56 Å². The van der Waals surface area contributed by atoms with Crippen LogP contribution in [0.4, 0.5) is 0 Å². The van der Waals surface area contributed by atoms with Crippen molar-refractivity contribution in [1.82, 2.24) is 4.57 Å². The van der Waals surface area contributed by atoms with Gasteiger partial charge in [0.25, 0.3) is 5.56 Å². The summed E-state index contributed by atoms with van der Waals surface area (Å²) in [6.07, 6.45) is 1.13. The Bertz CT molecular complexity index is 646. The molecule has 1 aromatic carbocycles. The molecule has 2 rings (SSSR count). The average molecular weight is 275 g/mol. The third-order valence-electron chi connectivity index (χ3n) is 3.19. The number of hydrogen-bond acceptors (Lipinski definition) is 4. The van der Waals surface area contributed by atoms with Gasteiger partial charge in [-0.25, -0.2) is 0 Å². The summed E-state index contributed by atoms with van der Waals surface area (Å²) >= 11 is 0. The maximum Gasteiger partial charge on any atom is 0.297 e. The number of aliphatic hydroxyl groups is 1. The maximum atomic E-state index is 12.1. The number of hydrogen-bond donors (Lipinski definition) is 2. The van der Waals surface area contributed by atoms with Crippen molar-refractivity contribution >= 4 is 0 Å². The van der Waals surface area contributed by atoms with Gasteiger partial charge < -0.3 is 14.9 Å². The Morgan fingerprint density at radius 1 is 1.25 bits per heavy atom. The summed E-state index contributed by atoms with van der Waals surface area (Å²) in [7, 11) is 1.56. The van der Waals surface area contributed by atoms with E-state index in [1.54, 1.807) is 44.4 Å². The highest BCUT2D eigenvalue weighted by Gasteiger charge is 2.15. The van der Waals surface area contributed by atoms with Crippen molar-refractivity contribution in [1.29, 1.82) is 0 Å². The molecular weight excluding hydrogens is 258 g/mol. The molecule has 1 heterocycles. The van der Waals surface area contributed by atoms with E-state index in [1.807, 2.05) is 0 Å². The number of ether oxygens (including phenoxy) is 1.